The van der Waals surface area contributed by atoms with Crippen LogP contribution in [-0.2, 0) is 4.79 Å². The number of hydrogen-bond donors (Lipinski definition) is 0. The van der Waals surface area contributed by atoms with Crippen LogP contribution in [0, 0.1) is 5.92 Å². The van der Waals surface area contributed by atoms with E-state index in [1.165, 1.54) is 12.0 Å². The molecule has 0 radical (unpaired) electrons. The Kier molecular flexibility index (Phi) is 2.72. The molecule has 1 aliphatic carbocycles. The van der Waals surface area contributed by atoms with Crippen LogP contribution < -0.4 is 0 Å². The largest absolute Gasteiger partial charge is 0.342 e. The van der Waals surface area contributed by atoms with Crippen LogP contribution >= 0.6 is 11.3 Å². The molecule has 2 nitrogen and oxygen atoms in total. The van der Waals surface area contributed by atoms with Crippen LogP contribution in [0.25, 0.3) is 0 Å². The zero-order valence-electron chi connectivity index (χ0n) is 9.39. The number of nitrogens with zero attached hydrogens (tertiary/aromatic N) is 1. The molecule has 86 valence electrons. The summed E-state index contributed by atoms with van der Waals surface area (Å²) >= 11 is 1.75. The number of amides is 1. The van der Waals surface area contributed by atoms with Gasteiger partial charge in [-0.15, -0.1) is 0 Å². The van der Waals surface area contributed by atoms with E-state index < -0.39 is 0 Å². The Balaban J connectivity index is 1.62. The second kappa shape index (κ2) is 4.21. The highest BCUT2D eigenvalue weighted by Crippen LogP contribution is 2.33. The molecule has 2 heterocycles. The van der Waals surface area contributed by atoms with E-state index in [1.54, 1.807) is 11.3 Å². The third kappa shape index (κ3) is 1.77. The molecule has 1 unspecified atom stereocenters. The molecular formula is C13H17NOS. The molecule has 3 heteroatoms. The summed E-state index contributed by atoms with van der Waals surface area (Å²) in [7, 11) is 0. The van der Waals surface area contributed by atoms with E-state index in [2.05, 4.69) is 21.7 Å². The number of thiophene rings is 1. The molecule has 1 aromatic rings. The molecule has 0 N–H and O–H groups in total. The van der Waals surface area contributed by atoms with Crippen LogP contribution in [0.5, 0.6) is 0 Å². The summed E-state index contributed by atoms with van der Waals surface area (Å²) in [6, 6.07) is 2.20. The summed E-state index contributed by atoms with van der Waals surface area (Å²) in [5.74, 6) is 1.38. The van der Waals surface area contributed by atoms with Crippen molar-refractivity contribution in [3.8, 4) is 0 Å². The van der Waals surface area contributed by atoms with E-state index >= 15 is 0 Å². The van der Waals surface area contributed by atoms with Gasteiger partial charge < -0.3 is 4.90 Å². The van der Waals surface area contributed by atoms with Crippen LogP contribution in [0.1, 0.15) is 37.2 Å². The average molecular weight is 235 g/mol. The Morgan fingerprint density at radius 3 is 2.88 bits per heavy atom. The molecule has 1 aromatic heterocycles. The molecule has 1 atom stereocenters. The maximum Gasteiger partial charge on any atom is 0.225 e. The highest BCUT2D eigenvalue weighted by atomic mass is 32.1. The van der Waals surface area contributed by atoms with Crippen molar-refractivity contribution in [1.29, 1.82) is 0 Å². The zero-order valence-corrected chi connectivity index (χ0v) is 10.2. The molecule has 2 aliphatic rings. The molecule has 1 amide bonds. The Bertz CT molecular complexity index is 369. The number of rotatable bonds is 2. The van der Waals surface area contributed by atoms with Crippen molar-refractivity contribution in [2.45, 2.75) is 31.6 Å². The smallest absolute Gasteiger partial charge is 0.225 e. The maximum atomic E-state index is 12.1. The van der Waals surface area contributed by atoms with Gasteiger partial charge in [-0.25, -0.2) is 0 Å². The lowest BCUT2D eigenvalue weighted by atomic mass is 9.84. The van der Waals surface area contributed by atoms with Gasteiger partial charge in [0.05, 0.1) is 0 Å². The molecule has 1 saturated heterocycles. The molecule has 1 saturated carbocycles. The normalized spacial score (nSPS) is 25.8. The third-order valence-electron chi connectivity index (χ3n) is 3.97. The lowest BCUT2D eigenvalue weighted by Crippen LogP contribution is -2.37. The first-order valence-corrected chi connectivity index (χ1v) is 7.10. The van der Waals surface area contributed by atoms with E-state index in [1.807, 2.05) is 0 Å². The van der Waals surface area contributed by atoms with Crippen LogP contribution in [0.4, 0.5) is 0 Å². The van der Waals surface area contributed by atoms with Crippen LogP contribution in [0.15, 0.2) is 16.8 Å². The zero-order chi connectivity index (χ0) is 11.0. The monoisotopic (exact) mass is 235 g/mol. The molecule has 2 fully saturated rings. The fraction of sp³-hybridized carbons (Fsp3) is 0.615. The molecule has 16 heavy (non-hydrogen) atoms. The minimum atomic E-state index is 0.362. The predicted molar refractivity (Wildman–Crippen MR) is 65.6 cm³/mol. The molecule has 0 aromatic carbocycles. The van der Waals surface area contributed by atoms with Crippen molar-refractivity contribution >= 4 is 17.2 Å². The Hall–Kier alpha value is -0.830. The minimum absolute atomic E-state index is 0.362. The highest BCUT2D eigenvalue weighted by Gasteiger charge is 2.33. The summed E-state index contributed by atoms with van der Waals surface area (Å²) in [5.41, 5.74) is 1.42. The van der Waals surface area contributed by atoms with Gasteiger partial charge in [-0.2, -0.15) is 11.3 Å². The van der Waals surface area contributed by atoms with Gasteiger partial charge in [-0.1, -0.05) is 6.42 Å². The number of likely N-dealkylation sites (tertiary alicyclic amines) is 1. The second-order valence-electron chi connectivity index (χ2n) is 4.95. The topological polar surface area (TPSA) is 20.3 Å². The van der Waals surface area contributed by atoms with E-state index in [-0.39, 0.29) is 0 Å². The summed E-state index contributed by atoms with van der Waals surface area (Å²) in [4.78, 5) is 14.2. The van der Waals surface area contributed by atoms with Crippen LogP contribution in [0.2, 0.25) is 0 Å². The number of carbonyl (C=O) groups is 1. The van der Waals surface area contributed by atoms with Crippen LogP contribution in [-0.4, -0.2) is 23.9 Å². The standard InChI is InChI=1S/C13H17NOS/c15-13(10-2-1-3-10)14-6-4-11(8-14)12-5-7-16-9-12/h5,7,9-11H,1-4,6,8H2. The number of hydrogen-bond acceptors (Lipinski definition) is 2. The second-order valence-corrected chi connectivity index (χ2v) is 5.73. The number of carbonyl (C=O) groups excluding carboxylic acids is 1. The van der Waals surface area contributed by atoms with Crippen molar-refractivity contribution in [3.05, 3.63) is 22.4 Å². The van der Waals surface area contributed by atoms with Gasteiger partial charge in [-0.05, 0) is 41.7 Å². The molecule has 0 spiro atoms. The SMILES string of the molecule is O=C(C1CCC1)N1CCC(c2ccsc2)C1. The van der Waals surface area contributed by atoms with E-state index in [9.17, 15) is 4.79 Å². The Labute approximate surface area is 100 Å². The average Bonchev–Trinajstić information content (AvgIpc) is 2.86. The van der Waals surface area contributed by atoms with Gasteiger partial charge >= 0.3 is 0 Å². The van der Waals surface area contributed by atoms with Crippen LogP contribution in [0.3, 0.4) is 0 Å². The highest BCUT2D eigenvalue weighted by molar-refractivity contribution is 7.07. The molecule has 0 bridgehead atoms. The van der Waals surface area contributed by atoms with E-state index in [0.29, 0.717) is 17.7 Å². The summed E-state index contributed by atoms with van der Waals surface area (Å²) in [5, 5.41) is 4.35. The summed E-state index contributed by atoms with van der Waals surface area (Å²) in [6.07, 6.45) is 4.64. The van der Waals surface area contributed by atoms with Crippen molar-refractivity contribution in [2.24, 2.45) is 5.92 Å². The first-order chi connectivity index (χ1) is 7.84. The van der Waals surface area contributed by atoms with Gasteiger partial charge in [0.25, 0.3) is 0 Å². The van der Waals surface area contributed by atoms with Gasteiger partial charge in [0.1, 0.15) is 0 Å². The van der Waals surface area contributed by atoms with Crippen molar-refractivity contribution in [3.63, 3.8) is 0 Å². The first-order valence-electron chi connectivity index (χ1n) is 6.15. The lowest BCUT2D eigenvalue weighted by Gasteiger charge is -2.29. The van der Waals surface area contributed by atoms with Crippen molar-refractivity contribution < 1.29 is 4.79 Å². The van der Waals surface area contributed by atoms with Gasteiger partial charge in [0, 0.05) is 24.9 Å². The molecule has 1 aliphatic heterocycles. The van der Waals surface area contributed by atoms with E-state index in [0.717, 1.165) is 32.4 Å². The van der Waals surface area contributed by atoms with Crippen molar-refractivity contribution in [1.82, 2.24) is 4.90 Å². The van der Waals surface area contributed by atoms with Crippen molar-refractivity contribution in [2.75, 3.05) is 13.1 Å². The molecule has 3 rings (SSSR count). The van der Waals surface area contributed by atoms with Gasteiger partial charge in [0.2, 0.25) is 5.91 Å². The third-order valence-corrected chi connectivity index (χ3v) is 4.67. The predicted octanol–water partition coefficient (Wildman–Crippen LogP) is 2.86. The fourth-order valence-corrected chi connectivity index (χ4v) is 3.40. The maximum absolute atomic E-state index is 12.1. The van der Waals surface area contributed by atoms with E-state index in [4.69, 9.17) is 0 Å². The quantitative estimate of drug-likeness (QED) is 0.772. The minimum Gasteiger partial charge on any atom is -0.342 e. The first kappa shape index (κ1) is 10.3. The Morgan fingerprint density at radius 1 is 1.38 bits per heavy atom. The molecular weight excluding hydrogens is 218 g/mol. The van der Waals surface area contributed by atoms with Gasteiger partial charge in [0.15, 0.2) is 0 Å². The summed E-state index contributed by atoms with van der Waals surface area (Å²) in [6.45, 7) is 1.92. The summed E-state index contributed by atoms with van der Waals surface area (Å²) < 4.78 is 0. The Morgan fingerprint density at radius 2 is 2.25 bits per heavy atom. The lowest BCUT2D eigenvalue weighted by molar-refractivity contribution is -0.137. The fourth-order valence-electron chi connectivity index (χ4n) is 2.65. The van der Waals surface area contributed by atoms with Gasteiger partial charge in [-0.3, -0.25) is 4.79 Å².